The lowest BCUT2D eigenvalue weighted by Gasteiger charge is -2.33. The molecule has 292 valence electrons. The molecule has 0 radical (unpaired) electrons. The van der Waals surface area contributed by atoms with Crippen LogP contribution in [0.15, 0.2) is 48.1 Å². The maximum Gasteiger partial charge on any atom is 0.422 e. The van der Waals surface area contributed by atoms with E-state index in [4.69, 9.17) is 9.92 Å². The molecule has 1 aromatic rings. The second-order valence-electron chi connectivity index (χ2n) is 13.5. The lowest BCUT2D eigenvalue weighted by molar-refractivity contribution is -0.180. The number of hydroxylamine groups is 2. The SMILES string of the molecule is CC(C)N1CCN(C(=O)NN2CCN(C(C)C)C2C(=O)N[C@H]2C=CC=C(CC(=O)c3ccccc3[C@@H](OS(=O)(=O)ON3CC(N)C3=O)C(=O)O)C2=O)C1=O. The van der Waals surface area contributed by atoms with Crippen LogP contribution >= 0.6 is 0 Å². The summed E-state index contributed by atoms with van der Waals surface area (Å²) in [5, 5.41) is 14.3. The summed E-state index contributed by atoms with van der Waals surface area (Å²) in [6.07, 6.45) is 0.340. The molecule has 4 atom stereocenters. The molecule has 21 heteroatoms. The number of rotatable bonds is 14. The first-order chi connectivity index (χ1) is 25.4. The van der Waals surface area contributed by atoms with Crippen LogP contribution in [0.2, 0.25) is 0 Å². The maximum absolute atomic E-state index is 13.8. The van der Waals surface area contributed by atoms with E-state index in [-0.39, 0.29) is 48.4 Å². The molecule has 0 spiro atoms. The summed E-state index contributed by atoms with van der Waals surface area (Å²) in [6, 6.07) is 1.50. The number of hydrogen-bond acceptors (Lipinski definition) is 14. The Hall–Kier alpha value is -5.06. The molecule has 3 fully saturated rings. The van der Waals surface area contributed by atoms with E-state index in [0.29, 0.717) is 18.2 Å². The van der Waals surface area contributed by atoms with Crippen molar-refractivity contribution in [2.24, 2.45) is 5.73 Å². The number of nitrogens with one attached hydrogen (secondary N) is 2. The molecule has 5 N–H and O–H groups in total. The fraction of sp³-hybridized carbons (Fsp3) is 0.485. The molecule has 54 heavy (non-hydrogen) atoms. The number of carboxylic acid groups (broad SMARTS) is 1. The van der Waals surface area contributed by atoms with E-state index in [0.717, 1.165) is 11.0 Å². The number of carbonyl (C=O) groups is 7. The highest BCUT2D eigenvalue weighted by Gasteiger charge is 2.44. The Kier molecular flexibility index (Phi) is 12.0. The third kappa shape index (κ3) is 8.50. The predicted octanol–water partition coefficient (Wildman–Crippen LogP) is -0.580. The zero-order valence-corrected chi connectivity index (χ0v) is 30.7. The Bertz CT molecular complexity index is 1900. The second-order valence-corrected chi connectivity index (χ2v) is 14.6. The van der Waals surface area contributed by atoms with Crippen molar-refractivity contribution in [2.45, 2.75) is 70.6 Å². The highest BCUT2D eigenvalue weighted by Crippen LogP contribution is 2.28. The summed E-state index contributed by atoms with van der Waals surface area (Å²) in [7, 11) is -5.13. The quantitative estimate of drug-likeness (QED) is 0.136. The number of aliphatic carboxylic acids is 1. The minimum absolute atomic E-state index is 0.0430. The Morgan fingerprint density at radius 2 is 1.70 bits per heavy atom. The van der Waals surface area contributed by atoms with Crippen molar-refractivity contribution in [3.63, 3.8) is 0 Å². The highest BCUT2D eigenvalue weighted by molar-refractivity contribution is 7.81. The summed E-state index contributed by atoms with van der Waals surface area (Å²) < 4.78 is 34.3. The van der Waals surface area contributed by atoms with Gasteiger partial charge in [0.2, 0.25) is 6.10 Å². The number of benzene rings is 1. The van der Waals surface area contributed by atoms with E-state index in [1.807, 2.05) is 27.7 Å². The van der Waals surface area contributed by atoms with Gasteiger partial charge in [0.05, 0.1) is 6.54 Å². The Morgan fingerprint density at radius 3 is 2.31 bits per heavy atom. The van der Waals surface area contributed by atoms with Crippen LogP contribution in [0.4, 0.5) is 9.59 Å². The Balaban J connectivity index is 1.26. The second kappa shape index (κ2) is 16.1. The highest BCUT2D eigenvalue weighted by atomic mass is 32.3. The van der Waals surface area contributed by atoms with E-state index in [1.165, 1.54) is 41.4 Å². The zero-order valence-electron chi connectivity index (χ0n) is 29.9. The molecule has 0 aromatic heterocycles. The van der Waals surface area contributed by atoms with Crippen molar-refractivity contribution >= 4 is 51.8 Å². The summed E-state index contributed by atoms with van der Waals surface area (Å²) in [4.78, 5) is 95.3. The Labute approximate surface area is 310 Å². The van der Waals surface area contributed by atoms with Crippen molar-refractivity contribution in [2.75, 3.05) is 32.7 Å². The number of hydrazine groups is 1. The van der Waals surface area contributed by atoms with Crippen LogP contribution in [0.5, 0.6) is 0 Å². The van der Waals surface area contributed by atoms with Crippen LogP contribution < -0.4 is 16.5 Å². The molecule has 2 unspecified atom stereocenters. The monoisotopic (exact) mass is 774 g/mol. The molecule has 3 heterocycles. The van der Waals surface area contributed by atoms with Gasteiger partial charge in [-0.25, -0.2) is 23.5 Å². The largest absolute Gasteiger partial charge is 0.479 e. The van der Waals surface area contributed by atoms with Crippen LogP contribution in [0, 0.1) is 0 Å². The molecule has 5 rings (SSSR count). The molecular weight excluding hydrogens is 732 g/mol. The van der Waals surface area contributed by atoms with E-state index in [2.05, 4.69) is 15.0 Å². The molecule has 1 aliphatic carbocycles. The number of Topliss-reactive ketones (excluding diaryl/α,β-unsaturated/α-hetero) is 2. The lowest BCUT2D eigenvalue weighted by Crippen LogP contribution is -2.61. The lowest BCUT2D eigenvalue weighted by atomic mass is 9.90. The van der Waals surface area contributed by atoms with Crippen LogP contribution in [-0.2, 0) is 38.0 Å². The molecule has 0 saturated carbocycles. The molecule has 1 aromatic carbocycles. The van der Waals surface area contributed by atoms with Gasteiger partial charge in [-0.3, -0.25) is 29.5 Å². The first-order valence-corrected chi connectivity index (χ1v) is 18.4. The molecule has 6 amide bonds. The molecule has 20 nitrogen and oxygen atoms in total. The minimum Gasteiger partial charge on any atom is -0.479 e. The molecule has 3 saturated heterocycles. The third-order valence-electron chi connectivity index (χ3n) is 9.19. The average Bonchev–Trinajstić information content (AvgIpc) is 3.72. The van der Waals surface area contributed by atoms with Gasteiger partial charge in [0.25, 0.3) is 11.8 Å². The topological polar surface area (TPSA) is 259 Å². The van der Waals surface area contributed by atoms with E-state index >= 15 is 0 Å². The number of urea groups is 2. The van der Waals surface area contributed by atoms with Crippen molar-refractivity contribution in [1.82, 2.24) is 35.5 Å². The Morgan fingerprint density at radius 1 is 1.00 bits per heavy atom. The zero-order chi connectivity index (χ0) is 39.6. The van der Waals surface area contributed by atoms with Gasteiger partial charge in [-0.2, -0.15) is 18.5 Å². The van der Waals surface area contributed by atoms with Crippen molar-refractivity contribution in [3.05, 3.63) is 59.2 Å². The summed E-state index contributed by atoms with van der Waals surface area (Å²) in [5.74, 6) is -4.71. The number of carbonyl (C=O) groups excluding carboxylic acids is 6. The number of allylic oxidation sites excluding steroid dienone is 2. The number of amides is 6. The smallest absolute Gasteiger partial charge is 0.422 e. The number of hydrogen-bond donors (Lipinski definition) is 4. The average molecular weight is 775 g/mol. The fourth-order valence-electron chi connectivity index (χ4n) is 6.35. The minimum atomic E-state index is -5.13. The van der Waals surface area contributed by atoms with Crippen molar-refractivity contribution < 1.29 is 55.6 Å². The first-order valence-electron chi connectivity index (χ1n) is 17.1. The number of nitrogens with zero attached hydrogens (tertiary/aromatic N) is 5. The normalized spacial score (nSPS) is 22.9. The van der Waals surface area contributed by atoms with Crippen LogP contribution in [0.1, 0.15) is 56.1 Å². The number of β-lactam (4-membered cyclic amide) rings is 1. The predicted molar refractivity (Wildman–Crippen MR) is 186 cm³/mol. The van der Waals surface area contributed by atoms with Gasteiger partial charge in [-0.15, -0.1) is 4.28 Å². The first kappa shape index (κ1) is 40.1. The summed E-state index contributed by atoms with van der Waals surface area (Å²) >= 11 is 0. The number of ketones is 2. The van der Waals surface area contributed by atoms with Crippen LogP contribution in [0.25, 0.3) is 0 Å². The van der Waals surface area contributed by atoms with Gasteiger partial charge >= 0.3 is 28.4 Å². The third-order valence-corrected chi connectivity index (χ3v) is 9.98. The van der Waals surface area contributed by atoms with E-state index < -0.39 is 82.6 Å². The van der Waals surface area contributed by atoms with E-state index in [9.17, 15) is 47.1 Å². The standard InChI is InChI=1S/C33H42N8O12S/c1-18(2)37-14-15-40(36-32(48)39-13-12-38(19(3)4)33(39)49)29(37)28(44)35-24-11-7-8-20(26(24)43)16-25(42)21-9-5-6-10-22(21)27(31(46)47)52-54(50,51)53-41-17-23(34)30(41)45/h5-11,18-19,23-24,27,29H,12-17,34H2,1-4H3,(H,35,44)(H,36,48)(H,46,47)/t23?,24-,27+,29?/m0/s1. The molecule has 4 aliphatic rings. The van der Waals surface area contributed by atoms with Crippen LogP contribution in [-0.4, -0.2) is 143 Å². The van der Waals surface area contributed by atoms with Gasteiger partial charge in [0, 0.05) is 61.4 Å². The molecule has 0 bridgehead atoms. The van der Waals surface area contributed by atoms with Gasteiger partial charge < -0.3 is 21.1 Å². The number of nitrogens with two attached hydrogens (primary N) is 1. The molecule has 3 aliphatic heterocycles. The van der Waals surface area contributed by atoms with Gasteiger partial charge in [0.15, 0.2) is 17.7 Å². The van der Waals surface area contributed by atoms with Gasteiger partial charge in [-0.1, -0.05) is 42.5 Å². The number of imide groups is 1. The fourth-order valence-corrected chi connectivity index (χ4v) is 7.16. The van der Waals surface area contributed by atoms with Crippen LogP contribution in [0.3, 0.4) is 0 Å². The van der Waals surface area contributed by atoms with Crippen molar-refractivity contribution in [3.8, 4) is 0 Å². The summed E-state index contributed by atoms with van der Waals surface area (Å²) in [5.41, 5.74) is 7.41. The van der Waals surface area contributed by atoms with E-state index in [1.54, 1.807) is 9.80 Å². The molecular formula is C33H42N8O12S. The van der Waals surface area contributed by atoms with Gasteiger partial charge in [0.1, 0.15) is 12.1 Å². The van der Waals surface area contributed by atoms with Crippen molar-refractivity contribution in [1.29, 1.82) is 0 Å². The summed E-state index contributed by atoms with van der Waals surface area (Å²) in [6.45, 7) is 8.28. The number of carboxylic acids is 1. The maximum atomic E-state index is 13.8. The van der Waals surface area contributed by atoms with Gasteiger partial charge in [-0.05, 0) is 27.7 Å².